The molecule has 2 heterocycles. The molecule has 124 valence electrons. The van der Waals surface area contributed by atoms with Gasteiger partial charge in [0.05, 0.1) is 11.9 Å². The van der Waals surface area contributed by atoms with Crippen LogP contribution in [0.4, 0.5) is 0 Å². The first kappa shape index (κ1) is 16.2. The molecule has 3 aromatic rings. The Kier molecular flexibility index (Phi) is 4.34. The highest BCUT2D eigenvalue weighted by Crippen LogP contribution is 2.23. The van der Waals surface area contributed by atoms with Gasteiger partial charge in [0.15, 0.2) is 5.65 Å². The molecule has 0 atom stereocenters. The summed E-state index contributed by atoms with van der Waals surface area (Å²) in [4.78, 5) is 16.7. The Morgan fingerprint density at radius 2 is 2.00 bits per heavy atom. The van der Waals surface area contributed by atoms with Crippen LogP contribution in [0.25, 0.3) is 16.9 Å². The van der Waals surface area contributed by atoms with Gasteiger partial charge in [-0.2, -0.15) is 5.10 Å². The van der Waals surface area contributed by atoms with Gasteiger partial charge in [0.1, 0.15) is 5.56 Å². The third kappa shape index (κ3) is 3.02. The van der Waals surface area contributed by atoms with Gasteiger partial charge in [0.2, 0.25) is 0 Å². The van der Waals surface area contributed by atoms with E-state index in [1.807, 2.05) is 6.07 Å². The Labute approximate surface area is 141 Å². The monoisotopic (exact) mass is 322 g/mol. The minimum absolute atomic E-state index is 0.136. The van der Waals surface area contributed by atoms with Gasteiger partial charge < -0.3 is 5.32 Å². The van der Waals surface area contributed by atoms with E-state index in [2.05, 4.69) is 61.3 Å². The van der Waals surface area contributed by atoms with E-state index < -0.39 is 0 Å². The maximum atomic E-state index is 12.4. The number of rotatable bonds is 4. The molecule has 1 amide bonds. The first-order valence-corrected chi connectivity index (χ1v) is 8.16. The van der Waals surface area contributed by atoms with Crippen LogP contribution in [-0.2, 0) is 0 Å². The lowest BCUT2D eigenvalue weighted by Gasteiger charge is -2.08. The van der Waals surface area contributed by atoms with Gasteiger partial charge in [-0.15, -0.1) is 0 Å². The zero-order valence-corrected chi connectivity index (χ0v) is 14.5. The Bertz CT molecular complexity index is 896. The number of carbonyl (C=O) groups is 1. The van der Waals surface area contributed by atoms with Crippen LogP contribution in [0.1, 0.15) is 35.3 Å². The molecule has 0 aliphatic carbocycles. The minimum Gasteiger partial charge on any atom is -0.352 e. The van der Waals surface area contributed by atoms with Crippen molar-refractivity contribution in [2.45, 2.75) is 27.7 Å². The van der Waals surface area contributed by atoms with E-state index in [9.17, 15) is 4.79 Å². The molecule has 0 aliphatic rings. The Morgan fingerprint density at radius 1 is 1.21 bits per heavy atom. The van der Waals surface area contributed by atoms with Crippen molar-refractivity contribution < 1.29 is 4.79 Å². The molecule has 5 nitrogen and oxygen atoms in total. The van der Waals surface area contributed by atoms with E-state index >= 15 is 0 Å². The van der Waals surface area contributed by atoms with Gasteiger partial charge in [-0.25, -0.2) is 9.50 Å². The zero-order valence-electron chi connectivity index (χ0n) is 14.5. The van der Waals surface area contributed by atoms with Crippen molar-refractivity contribution in [3.05, 3.63) is 53.3 Å². The number of hydrogen-bond donors (Lipinski definition) is 1. The number of hydrogen-bond acceptors (Lipinski definition) is 3. The van der Waals surface area contributed by atoms with Crippen LogP contribution in [-0.4, -0.2) is 27.0 Å². The summed E-state index contributed by atoms with van der Waals surface area (Å²) in [5, 5.41) is 7.31. The normalized spacial score (nSPS) is 11.2. The average Bonchev–Trinajstić information content (AvgIpc) is 2.99. The first-order chi connectivity index (χ1) is 11.5. The molecule has 0 aliphatic heterocycles. The van der Waals surface area contributed by atoms with Gasteiger partial charge >= 0.3 is 0 Å². The predicted molar refractivity (Wildman–Crippen MR) is 95.1 cm³/mol. The second-order valence-corrected chi connectivity index (χ2v) is 6.53. The summed E-state index contributed by atoms with van der Waals surface area (Å²) in [5.41, 5.74) is 5.53. The van der Waals surface area contributed by atoms with Crippen molar-refractivity contribution >= 4 is 11.6 Å². The van der Waals surface area contributed by atoms with Gasteiger partial charge in [-0.1, -0.05) is 26.0 Å². The number of nitrogens with one attached hydrogen (secondary N) is 1. The maximum absolute atomic E-state index is 12.4. The third-order valence-corrected chi connectivity index (χ3v) is 4.12. The van der Waals surface area contributed by atoms with E-state index in [1.165, 1.54) is 11.1 Å². The average molecular weight is 322 g/mol. The van der Waals surface area contributed by atoms with Crippen molar-refractivity contribution in [1.29, 1.82) is 0 Å². The Balaban J connectivity index is 2.03. The van der Waals surface area contributed by atoms with Crippen molar-refractivity contribution in [3.63, 3.8) is 0 Å². The van der Waals surface area contributed by atoms with Crippen LogP contribution in [0.15, 0.2) is 36.7 Å². The molecule has 0 radical (unpaired) electrons. The molecule has 2 aromatic heterocycles. The molecule has 0 fully saturated rings. The molecule has 0 bridgehead atoms. The van der Waals surface area contributed by atoms with E-state index in [1.54, 1.807) is 16.9 Å². The van der Waals surface area contributed by atoms with Crippen LogP contribution in [0.3, 0.4) is 0 Å². The van der Waals surface area contributed by atoms with E-state index in [0.29, 0.717) is 23.7 Å². The fourth-order valence-electron chi connectivity index (χ4n) is 2.56. The highest BCUT2D eigenvalue weighted by molar-refractivity contribution is 5.99. The summed E-state index contributed by atoms with van der Waals surface area (Å²) >= 11 is 0. The number of amides is 1. The van der Waals surface area contributed by atoms with Crippen molar-refractivity contribution in [3.8, 4) is 11.3 Å². The van der Waals surface area contributed by atoms with Crippen LogP contribution < -0.4 is 5.32 Å². The molecule has 0 spiro atoms. The molecule has 3 rings (SSSR count). The van der Waals surface area contributed by atoms with Crippen LogP contribution in [0, 0.1) is 19.8 Å². The van der Waals surface area contributed by atoms with Crippen LogP contribution in [0.2, 0.25) is 0 Å². The van der Waals surface area contributed by atoms with Gasteiger partial charge in [-0.05, 0) is 43.0 Å². The number of nitrogens with zero attached hydrogens (tertiary/aromatic N) is 3. The molecule has 0 saturated heterocycles. The summed E-state index contributed by atoms with van der Waals surface area (Å²) in [6, 6.07) is 8.21. The highest BCUT2D eigenvalue weighted by Gasteiger charge is 2.16. The van der Waals surface area contributed by atoms with E-state index in [4.69, 9.17) is 0 Å². The lowest BCUT2D eigenvalue weighted by molar-refractivity contribution is 0.0950. The number of carbonyl (C=O) groups excluding carboxylic acids is 1. The largest absolute Gasteiger partial charge is 0.352 e. The molecule has 1 aromatic carbocycles. The van der Waals surface area contributed by atoms with Crippen molar-refractivity contribution in [1.82, 2.24) is 19.9 Å². The molecule has 5 heteroatoms. The lowest BCUT2D eigenvalue weighted by atomic mass is 10.0. The Hall–Kier alpha value is -2.69. The maximum Gasteiger partial charge on any atom is 0.256 e. The number of aromatic nitrogens is 3. The summed E-state index contributed by atoms with van der Waals surface area (Å²) in [5.74, 6) is 0.262. The molecule has 0 unspecified atom stereocenters. The number of aryl methyl sites for hydroxylation is 2. The summed E-state index contributed by atoms with van der Waals surface area (Å²) < 4.78 is 1.73. The fraction of sp³-hybridized carbons (Fsp3) is 0.316. The molecular weight excluding hydrogens is 300 g/mol. The second-order valence-electron chi connectivity index (χ2n) is 6.53. The standard InChI is InChI=1S/C19H22N4O/c1-12(2)10-21-19(24)16-11-22-23-17(7-8-20-18(16)23)15-6-5-13(3)14(4)9-15/h5-9,11-12H,10H2,1-4H3,(H,21,24). The third-order valence-electron chi connectivity index (χ3n) is 4.12. The van der Waals surface area contributed by atoms with Crippen molar-refractivity contribution in [2.24, 2.45) is 5.92 Å². The van der Waals surface area contributed by atoms with Crippen LogP contribution in [0.5, 0.6) is 0 Å². The summed E-state index contributed by atoms with van der Waals surface area (Å²) in [6.45, 7) is 8.93. The SMILES string of the molecule is Cc1ccc(-c2ccnc3c(C(=O)NCC(C)C)cnn23)cc1C. The summed E-state index contributed by atoms with van der Waals surface area (Å²) in [6.07, 6.45) is 3.31. The molecule has 1 N–H and O–H groups in total. The molecular formula is C19H22N4O. The minimum atomic E-state index is -0.136. The molecule has 24 heavy (non-hydrogen) atoms. The van der Waals surface area contributed by atoms with E-state index in [-0.39, 0.29) is 5.91 Å². The van der Waals surface area contributed by atoms with Crippen LogP contribution >= 0.6 is 0 Å². The van der Waals surface area contributed by atoms with E-state index in [0.717, 1.165) is 11.3 Å². The Morgan fingerprint density at radius 3 is 2.71 bits per heavy atom. The topological polar surface area (TPSA) is 59.3 Å². The fourth-order valence-corrected chi connectivity index (χ4v) is 2.56. The highest BCUT2D eigenvalue weighted by atomic mass is 16.1. The van der Waals surface area contributed by atoms with Gasteiger partial charge in [0.25, 0.3) is 5.91 Å². The predicted octanol–water partition coefficient (Wildman–Crippen LogP) is 3.40. The van der Waals surface area contributed by atoms with Crippen molar-refractivity contribution in [2.75, 3.05) is 6.54 Å². The van der Waals surface area contributed by atoms with Gasteiger partial charge in [-0.3, -0.25) is 4.79 Å². The first-order valence-electron chi connectivity index (χ1n) is 8.16. The lowest BCUT2D eigenvalue weighted by Crippen LogP contribution is -2.27. The zero-order chi connectivity index (χ0) is 17.3. The quantitative estimate of drug-likeness (QED) is 0.801. The smallest absolute Gasteiger partial charge is 0.256 e. The molecule has 0 saturated carbocycles. The van der Waals surface area contributed by atoms with Gasteiger partial charge in [0, 0.05) is 18.3 Å². The number of fused-ring (bicyclic) bond motifs is 1. The summed E-state index contributed by atoms with van der Waals surface area (Å²) in [7, 11) is 0. The second kappa shape index (κ2) is 6.43. The number of benzene rings is 1.